The van der Waals surface area contributed by atoms with Crippen molar-refractivity contribution in [1.29, 1.82) is 0 Å². The van der Waals surface area contributed by atoms with Crippen molar-refractivity contribution in [3.05, 3.63) is 17.3 Å². The number of halogens is 1. The molecule has 7 heteroatoms. The van der Waals surface area contributed by atoms with E-state index in [0.29, 0.717) is 5.92 Å². The number of aromatic nitrogens is 1. The van der Waals surface area contributed by atoms with Gasteiger partial charge in [-0.1, -0.05) is 0 Å². The number of carbonyl (C=O) groups is 1. The molecule has 0 saturated carbocycles. The summed E-state index contributed by atoms with van der Waals surface area (Å²) >= 11 is 0. The highest BCUT2D eigenvalue weighted by Gasteiger charge is 2.26. The third-order valence-electron chi connectivity index (χ3n) is 4.86. The highest BCUT2D eigenvalue weighted by atomic mass is 35.5. The second-order valence-corrected chi connectivity index (χ2v) is 6.57. The zero-order valence-corrected chi connectivity index (χ0v) is 14.7. The maximum atomic E-state index is 11.8. The van der Waals surface area contributed by atoms with Crippen LogP contribution in [0.5, 0.6) is 0 Å². The lowest BCUT2D eigenvalue weighted by atomic mass is 9.96. The van der Waals surface area contributed by atoms with E-state index in [0.717, 1.165) is 69.5 Å². The Morgan fingerprint density at radius 1 is 1.35 bits per heavy atom. The molecule has 2 aliphatic rings. The second kappa shape index (κ2) is 8.13. The Hall–Kier alpha value is -1.11. The van der Waals surface area contributed by atoms with Gasteiger partial charge in [0.25, 0.3) is 0 Å². The van der Waals surface area contributed by atoms with Gasteiger partial charge in [0.2, 0.25) is 11.8 Å². The fraction of sp³-hybridized carbons (Fsp3) is 0.750. The Kier molecular flexibility index (Phi) is 6.44. The summed E-state index contributed by atoms with van der Waals surface area (Å²) in [7, 11) is 0. The summed E-state index contributed by atoms with van der Waals surface area (Å²) in [5, 5.41) is 6.23. The SMILES string of the molecule is Cc1nc(CN2CCC(CNC(=O)C3CNC3)CC2)oc1C.Cl. The van der Waals surface area contributed by atoms with Gasteiger partial charge in [-0.2, -0.15) is 0 Å². The van der Waals surface area contributed by atoms with Crippen LogP contribution in [0, 0.1) is 25.7 Å². The molecule has 0 aliphatic carbocycles. The average Bonchev–Trinajstić information content (AvgIpc) is 2.74. The van der Waals surface area contributed by atoms with Crippen molar-refractivity contribution in [2.75, 3.05) is 32.7 Å². The van der Waals surface area contributed by atoms with Crippen molar-refractivity contribution < 1.29 is 9.21 Å². The topological polar surface area (TPSA) is 70.4 Å². The number of oxazole rings is 1. The predicted octanol–water partition coefficient (Wildman–Crippen LogP) is 1.26. The lowest BCUT2D eigenvalue weighted by Gasteiger charge is -2.32. The van der Waals surface area contributed by atoms with Crippen molar-refractivity contribution in [1.82, 2.24) is 20.5 Å². The van der Waals surface area contributed by atoms with Gasteiger partial charge in [0.15, 0.2) is 0 Å². The molecule has 3 rings (SSSR count). The van der Waals surface area contributed by atoms with Crippen molar-refractivity contribution in [3.8, 4) is 0 Å². The zero-order valence-electron chi connectivity index (χ0n) is 13.9. The van der Waals surface area contributed by atoms with E-state index in [1.807, 2.05) is 13.8 Å². The number of carbonyl (C=O) groups excluding carboxylic acids is 1. The molecule has 2 N–H and O–H groups in total. The highest BCUT2D eigenvalue weighted by molar-refractivity contribution is 5.85. The number of nitrogens with one attached hydrogen (secondary N) is 2. The van der Waals surface area contributed by atoms with Crippen LogP contribution in [-0.2, 0) is 11.3 Å². The van der Waals surface area contributed by atoms with E-state index < -0.39 is 0 Å². The number of likely N-dealkylation sites (tertiary alicyclic amines) is 1. The summed E-state index contributed by atoms with van der Waals surface area (Å²) < 4.78 is 5.65. The van der Waals surface area contributed by atoms with Crippen molar-refractivity contribution in [2.24, 2.45) is 11.8 Å². The highest BCUT2D eigenvalue weighted by Crippen LogP contribution is 2.19. The van der Waals surface area contributed by atoms with Gasteiger partial charge in [-0.3, -0.25) is 9.69 Å². The maximum Gasteiger partial charge on any atom is 0.225 e. The van der Waals surface area contributed by atoms with Crippen LogP contribution in [0.25, 0.3) is 0 Å². The van der Waals surface area contributed by atoms with Crippen LogP contribution in [0.2, 0.25) is 0 Å². The lowest BCUT2D eigenvalue weighted by molar-refractivity contribution is -0.126. The van der Waals surface area contributed by atoms with E-state index in [4.69, 9.17) is 4.42 Å². The van der Waals surface area contributed by atoms with Crippen LogP contribution < -0.4 is 10.6 Å². The van der Waals surface area contributed by atoms with Gasteiger partial charge in [-0.05, 0) is 45.7 Å². The van der Waals surface area contributed by atoms with Crippen LogP contribution in [-0.4, -0.2) is 48.5 Å². The molecule has 2 saturated heterocycles. The molecule has 0 radical (unpaired) electrons. The fourth-order valence-corrected chi connectivity index (χ4v) is 3.01. The Bertz CT molecular complexity index is 503. The first-order valence-electron chi connectivity index (χ1n) is 8.25. The van der Waals surface area contributed by atoms with Gasteiger partial charge in [-0.15, -0.1) is 12.4 Å². The Morgan fingerprint density at radius 3 is 2.57 bits per heavy atom. The molecule has 1 amide bonds. The molecule has 23 heavy (non-hydrogen) atoms. The predicted molar refractivity (Wildman–Crippen MR) is 90.6 cm³/mol. The van der Waals surface area contributed by atoms with E-state index in [1.54, 1.807) is 0 Å². The molecule has 2 fully saturated rings. The number of nitrogens with zero attached hydrogens (tertiary/aromatic N) is 2. The molecule has 0 bridgehead atoms. The minimum atomic E-state index is 0. The molecule has 1 aromatic heterocycles. The Balaban J connectivity index is 0.00000192. The molecule has 3 heterocycles. The standard InChI is InChI=1S/C16H26N4O2.ClH/c1-11-12(2)22-15(19-11)10-20-5-3-13(4-6-20)7-18-16(21)14-8-17-9-14;/h13-14,17H,3-10H2,1-2H3,(H,18,21);1H. The molecular formula is C16H27ClN4O2. The van der Waals surface area contributed by atoms with Gasteiger partial charge in [-0.25, -0.2) is 4.98 Å². The van der Waals surface area contributed by atoms with E-state index in [1.165, 1.54) is 0 Å². The number of piperidine rings is 1. The lowest BCUT2D eigenvalue weighted by Crippen LogP contribution is -2.51. The smallest absolute Gasteiger partial charge is 0.225 e. The minimum absolute atomic E-state index is 0. The first kappa shape index (κ1) is 18.2. The molecule has 0 aromatic carbocycles. The molecule has 130 valence electrons. The monoisotopic (exact) mass is 342 g/mol. The molecule has 0 atom stereocenters. The normalized spacial score (nSPS) is 19.9. The summed E-state index contributed by atoms with van der Waals surface area (Å²) in [6.07, 6.45) is 2.25. The first-order chi connectivity index (χ1) is 10.6. The summed E-state index contributed by atoms with van der Waals surface area (Å²) in [6, 6.07) is 0. The van der Waals surface area contributed by atoms with Crippen molar-refractivity contribution in [3.63, 3.8) is 0 Å². The average molecular weight is 343 g/mol. The molecule has 0 unspecified atom stereocenters. The third-order valence-corrected chi connectivity index (χ3v) is 4.86. The Labute approximate surface area is 143 Å². The van der Waals surface area contributed by atoms with E-state index in [2.05, 4.69) is 20.5 Å². The summed E-state index contributed by atoms with van der Waals surface area (Å²) in [5.74, 6) is 2.74. The van der Waals surface area contributed by atoms with E-state index in [9.17, 15) is 4.79 Å². The summed E-state index contributed by atoms with van der Waals surface area (Å²) in [4.78, 5) is 18.7. The van der Waals surface area contributed by atoms with Gasteiger partial charge < -0.3 is 15.1 Å². The Morgan fingerprint density at radius 2 is 2.04 bits per heavy atom. The van der Waals surface area contributed by atoms with Crippen molar-refractivity contribution >= 4 is 18.3 Å². The molecular weight excluding hydrogens is 316 g/mol. The minimum Gasteiger partial charge on any atom is -0.444 e. The van der Waals surface area contributed by atoms with Gasteiger partial charge >= 0.3 is 0 Å². The first-order valence-corrected chi connectivity index (χ1v) is 8.25. The number of aryl methyl sites for hydroxylation is 2. The summed E-state index contributed by atoms with van der Waals surface area (Å²) in [5.41, 5.74) is 0.984. The largest absolute Gasteiger partial charge is 0.444 e. The van der Waals surface area contributed by atoms with Crippen LogP contribution in [0.1, 0.15) is 30.2 Å². The van der Waals surface area contributed by atoms with Gasteiger partial charge in [0.1, 0.15) is 5.76 Å². The van der Waals surface area contributed by atoms with E-state index in [-0.39, 0.29) is 24.2 Å². The quantitative estimate of drug-likeness (QED) is 0.843. The third kappa shape index (κ3) is 4.68. The second-order valence-electron chi connectivity index (χ2n) is 6.57. The van der Waals surface area contributed by atoms with Crippen LogP contribution in [0.4, 0.5) is 0 Å². The van der Waals surface area contributed by atoms with Crippen LogP contribution >= 0.6 is 12.4 Å². The fourth-order valence-electron chi connectivity index (χ4n) is 3.01. The van der Waals surface area contributed by atoms with Crippen molar-refractivity contribution in [2.45, 2.75) is 33.2 Å². The van der Waals surface area contributed by atoms with Crippen LogP contribution in [0.15, 0.2) is 4.42 Å². The molecule has 0 spiro atoms. The maximum absolute atomic E-state index is 11.8. The number of hydrogen-bond acceptors (Lipinski definition) is 5. The summed E-state index contributed by atoms with van der Waals surface area (Å²) in [6.45, 7) is 9.31. The van der Waals surface area contributed by atoms with Gasteiger partial charge in [0, 0.05) is 19.6 Å². The van der Waals surface area contributed by atoms with Crippen LogP contribution in [0.3, 0.4) is 0 Å². The van der Waals surface area contributed by atoms with E-state index >= 15 is 0 Å². The zero-order chi connectivity index (χ0) is 15.5. The number of hydrogen-bond donors (Lipinski definition) is 2. The van der Waals surface area contributed by atoms with Gasteiger partial charge in [0.05, 0.1) is 18.2 Å². The molecule has 1 aromatic rings. The molecule has 6 nitrogen and oxygen atoms in total. The number of rotatable bonds is 5. The number of amides is 1. The molecule has 2 aliphatic heterocycles.